The Morgan fingerprint density at radius 2 is 1.88 bits per heavy atom. The average molecular weight is 352 g/mol. The van der Waals surface area contributed by atoms with E-state index < -0.39 is 0 Å². The molecule has 0 radical (unpaired) electrons. The summed E-state index contributed by atoms with van der Waals surface area (Å²) < 4.78 is 5.54. The van der Waals surface area contributed by atoms with E-state index in [-0.39, 0.29) is 11.4 Å². The number of amides is 1. The highest BCUT2D eigenvalue weighted by Gasteiger charge is 2.34. The summed E-state index contributed by atoms with van der Waals surface area (Å²) >= 11 is 6.03. The number of rotatable bonds is 5. The molecule has 1 aromatic rings. The van der Waals surface area contributed by atoms with Crippen LogP contribution in [0.5, 0.6) is 0 Å². The van der Waals surface area contributed by atoms with Crippen molar-refractivity contribution in [3.8, 4) is 0 Å². The second-order valence-electron chi connectivity index (χ2n) is 6.51. The number of halogens is 1. The van der Waals surface area contributed by atoms with Crippen molar-refractivity contribution in [1.82, 2.24) is 15.5 Å². The van der Waals surface area contributed by atoms with Crippen LogP contribution >= 0.6 is 11.6 Å². The van der Waals surface area contributed by atoms with Gasteiger partial charge in [-0.15, -0.1) is 0 Å². The predicted molar refractivity (Wildman–Crippen MR) is 95.3 cm³/mol. The van der Waals surface area contributed by atoms with Crippen LogP contribution in [0.4, 0.5) is 0 Å². The van der Waals surface area contributed by atoms with Crippen molar-refractivity contribution in [2.45, 2.75) is 24.8 Å². The molecule has 0 atom stereocenters. The molecule has 132 valence electrons. The van der Waals surface area contributed by atoms with Gasteiger partial charge in [0.15, 0.2) is 0 Å². The van der Waals surface area contributed by atoms with Gasteiger partial charge in [-0.1, -0.05) is 23.7 Å². The lowest BCUT2D eigenvalue weighted by Crippen LogP contribution is -2.49. The molecule has 0 aromatic heterocycles. The first-order chi connectivity index (χ1) is 11.7. The van der Waals surface area contributed by atoms with Gasteiger partial charge in [0.25, 0.3) is 0 Å². The van der Waals surface area contributed by atoms with Crippen LogP contribution in [0.25, 0.3) is 0 Å². The van der Waals surface area contributed by atoms with Gasteiger partial charge in [-0.3, -0.25) is 4.79 Å². The second-order valence-corrected chi connectivity index (χ2v) is 6.95. The summed E-state index contributed by atoms with van der Waals surface area (Å²) in [5, 5.41) is 7.68. The summed E-state index contributed by atoms with van der Waals surface area (Å²) in [7, 11) is 0. The van der Waals surface area contributed by atoms with Crippen molar-refractivity contribution in [2.75, 3.05) is 45.9 Å². The molecule has 2 aliphatic heterocycles. The number of nitrogens with zero attached hydrogens (tertiary/aromatic N) is 1. The molecule has 2 heterocycles. The number of hydrogen-bond donors (Lipinski definition) is 2. The van der Waals surface area contributed by atoms with Crippen LogP contribution in [-0.2, 0) is 15.1 Å². The molecule has 2 saturated heterocycles. The lowest BCUT2D eigenvalue weighted by molar-refractivity contribution is -0.131. The Balaban J connectivity index is 1.60. The highest BCUT2D eigenvalue weighted by Crippen LogP contribution is 2.32. The molecule has 0 spiro atoms. The van der Waals surface area contributed by atoms with Crippen LogP contribution in [0.2, 0.25) is 5.02 Å². The third-order valence-electron chi connectivity index (χ3n) is 5.02. The fourth-order valence-electron chi connectivity index (χ4n) is 3.54. The molecule has 0 saturated carbocycles. The molecule has 0 aliphatic carbocycles. The standard InChI is InChI=1S/C18H26ClN3O2/c19-16-3-1-15(2-4-16)18(6-13-24-14-7-18)21-8-5-17(23)22-11-9-20-10-12-22/h1-4,20-21H,5-14H2. The van der Waals surface area contributed by atoms with Crippen molar-refractivity contribution in [1.29, 1.82) is 0 Å². The van der Waals surface area contributed by atoms with Gasteiger partial charge in [0.05, 0.1) is 0 Å². The second kappa shape index (κ2) is 8.30. The molecule has 0 bridgehead atoms. The smallest absolute Gasteiger partial charge is 0.223 e. The van der Waals surface area contributed by atoms with Crippen molar-refractivity contribution in [3.63, 3.8) is 0 Å². The van der Waals surface area contributed by atoms with Gasteiger partial charge < -0.3 is 20.3 Å². The zero-order valence-corrected chi connectivity index (χ0v) is 14.8. The van der Waals surface area contributed by atoms with Crippen molar-refractivity contribution >= 4 is 17.5 Å². The van der Waals surface area contributed by atoms with E-state index in [0.29, 0.717) is 13.0 Å². The third kappa shape index (κ3) is 4.28. The molecule has 3 rings (SSSR count). The van der Waals surface area contributed by atoms with E-state index in [9.17, 15) is 4.79 Å². The van der Waals surface area contributed by atoms with Gasteiger partial charge >= 0.3 is 0 Å². The minimum Gasteiger partial charge on any atom is -0.381 e. The normalized spacial score (nSPS) is 20.8. The molecule has 1 amide bonds. The summed E-state index contributed by atoms with van der Waals surface area (Å²) in [5.74, 6) is 0.238. The van der Waals surface area contributed by atoms with Gasteiger partial charge in [0.1, 0.15) is 0 Å². The van der Waals surface area contributed by atoms with Crippen LogP contribution < -0.4 is 10.6 Å². The molecule has 2 N–H and O–H groups in total. The van der Waals surface area contributed by atoms with Crippen molar-refractivity contribution in [2.24, 2.45) is 0 Å². The summed E-state index contributed by atoms with van der Waals surface area (Å²) in [6, 6.07) is 8.03. The van der Waals surface area contributed by atoms with Crippen LogP contribution in [-0.4, -0.2) is 56.7 Å². The monoisotopic (exact) mass is 351 g/mol. The maximum Gasteiger partial charge on any atom is 0.223 e. The predicted octanol–water partition coefficient (Wildman–Crippen LogP) is 1.76. The molecular weight excluding hydrogens is 326 g/mol. The summed E-state index contributed by atoms with van der Waals surface area (Å²) in [5.41, 5.74) is 1.11. The van der Waals surface area contributed by atoms with E-state index in [2.05, 4.69) is 22.8 Å². The first-order valence-corrected chi connectivity index (χ1v) is 9.15. The number of benzene rings is 1. The Labute approximate surface area is 148 Å². The fraction of sp³-hybridized carbons (Fsp3) is 0.611. The number of ether oxygens (including phenoxy) is 1. The zero-order valence-electron chi connectivity index (χ0n) is 14.0. The van der Waals surface area contributed by atoms with Gasteiger partial charge in [-0.2, -0.15) is 0 Å². The van der Waals surface area contributed by atoms with Crippen molar-refractivity contribution in [3.05, 3.63) is 34.9 Å². The highest BCUT2D eigenvalue weighted by atomic mass is 35.5. The first kappa shape index (κ1) is 17.7. The molecule has 2 aliphatic rings. The Morgan fingerprint density at radius 1 is 1.21 bits per heavy atom. The topological polar surface area (TPSA) is 53.6 Å². The number of carbonyl (C=O) groups is 1. The molecule has 1 aromatic carbocycles. The van der Waals surface area contributed by atoms with E-state index in [1.807, 2.05) is 17.0 Å². The number of nitrogens with one attached hydrogen (secondary N) is 2. The average Bonchev–Trinajstić information content (AvgIpc) is 2.63. The van der Waals surface area contributed by atoms with E-state index in [1.165, 1.54) is 5.56 Å². The van der Waals surface area contributed by atoms with Crippen LogP contribution in [0.1, 0.15) is 24.8 Å². The Bertz CT molecular complexity index is 538. The minimum atomic E-state index is -0.118. The molecule has 6 heteroatoms. The highest BCUT2D eigenvalue weighted by molar-refractivity contribution is 6.30. The third-order valence-corrected chi connectivity index (χ3v) is 5.27. The number of carbonyl (C=O) groups excluding carboxylic acids is 1. The molecule has 2 fully saturated rings. The summed E-state index contributed by atoms with van der Waals surface area (Å²) in [4.78, 5) is 14.3. The van der Waals surface area contributed by atoms with Gasteiger partial charge in [-0.05, 0) is 30.5 Å². The molecular formula is C18H26ClN3O2. The van der Waals surface area contributed by atoms with E-state index in [4.69, 9.17) is 16.3 Å². The Morgan fingerprint density at radius 3 is 2.54 bits per heavy atom. The maximum absolute atomic E-state index is 12.3. The number of piperazine rings is 1. The Hall–Kier alpha value is -1.14. The van der Waals surface area contributed by atoms with Crippen LogP contribution in [0.3, 0.4) is 0 Å². The summed E-state index contributed by atoms with van der Waals surface area (Å²) in [6.07, 6.45) is 2.36. The molecule has 5 nitrogen and oxygen atoms in total. The van der Waals surface area contributed by atoms with Crippen LogP contribution in [0.15, 0.2) is 24.3 Å². The maximum atomic E-state index is 12.3. The van der Waals surface area contributed by atoms with Crippen LogP contribution in [0, 0.1) is 0 Å². The molecule has 0 unspecified atom stereocenters. The summed E-state index contributed by atoms with van der Waals surface area (Å²) in [6.45, 7) is 5.58. The SMILES string of the molecule is O=C(CCNC1(c2ccc(Cl)cc2)CCOCC1)N1CCNCC1. The Kier molecular flexibility index (Phi) is 6.11. The zero-order chi connectivity index (χ0) is 16.8. The van der Waals surface area contributed by atoms with E-state index >= 15 is 0 Å². The van der Waals surface area contributed by atoms with E-state index in [1.54, 1.807) is 0 Å². The quantitative estimate of drug-likeness (QED) is 0.848. The fourth-order valence-corrected chi connectivity index (χ4v) is 3.66. The van der Waals surface area contributed by atoms with Gasteiger partial charge in [0.2, 0.25) is 5.91 Å². The van der Waals surface area contributed by atoms with Crippen molar-refractivity contribution < 1.29 is 9.53 Å². The molecule has 24 heavy (non-hydrogen) atoms. The van der Waals surface area contributed by atoms with Gasteiger partial charge in [-0.25, -0.2) is 0 Å². The van der Waals surface area contributed by atoms with E-state index in [0.717, 1.165) is 57.3 Å². The minimum absolute atomic E-state index is 0.118. The largest absolute Gasteiger partial charge is 0.381 e. The van der Waals surface area contributed by atoms with Gasteiger partial charge in [0, 0.05) is 62.9 Å². The lowest BCUT2D eigenvalue weighted by Gasteiger charge is -2.39. The lowest BCUT2D eigenvalue weighted by atomic mass is 9.82. The first-order valence-electron chi connectivity index (χ1n) is 8.77. The number of hydrogen-bond acceptors (Lipinski definition) is 4.